The van der Waals surface area contributed by atoms with E-state index >= 15 is 0 Å². The fourth-order valence-electron chi connectivity index (χ4n) is 3.00. The Morgan fingerprint density at radius 2 is 1.58 bits per heavy atom. The molecule has 1 nitrogen and oxygen atoms in total. The lowest BCUT2D eigenvalue weighted by Crippen LogP contribution is -2.47. The largest absolute Gasteiger partial charge is 0.410 e. The van der Waals surface area contributed by atoms with Crippen LogP contribution in [0.2, 0.25) is 18.1 Å². The average Bonchev–Trinajstić information content (AvgIpc) is 2.55. The Balaban J connectivity index is 2.36. The molecule has 0 spiro atoms. The van der Waals surface area contributed by atoms with Gasteiger partial charge in [-0.2, -0.15) is 0 Å². The van der Waals surface area contributed by atoms with Gasteiger partial charge in [-0.1, -0.05) is 55.4 Å². The number of hydrogen-bond acceptors (Lipinski definition) is 1. The van der Waals surface area contributed by atoms with Gasteiger partial charge < -0.3 is 4.98 Å². The molecule has 0 saturated heterocycles. The van der Waals surface area contributed by atoms with Gasteiger partial charge >= 0.3 is 0 Å². The fourth-order valence-corrected chi connectivity index (χ4v) is 5.85. The van der Waals surface area contributed by atoms with Crippen molar-refractivity contribution in [2.75, 3.05) is 4.98 Å². The van der Waals surface area contributed by atoms with E-state index in [1.54, 1.807) is 0 Å². The average molecular weight is 271 g/mol. The topological polar surface area (TPSA) is 12.0 Å². The van der Waals surface area contributed by atoms with Crippen molar-refractivity contribution in [1.82, 2.24) is 0 Å². The standard InChI is InChI=1S/C17H25NSi/c1-13-12-17(4,15(3)14(13)2)19(5,6)18-16-10-8-7-9-11-16/h7-12,18H,1-6H3. The summed E-state index contributed by atoms with van der Waals surface area (Å²) >= 11 is 0. The van der Waals surface area contributed by atoms with Crippen LogP contribution in [0.4, 0.5) is 5.69 Å². The van der Waals surface area contributed by atoms with Crippen molar-refractivity contribution in [2.45, 2.75) is 45.8 Å². The predicted molar refractivity (Wildman–Crippen MR) is 88.0 cm³/mol. The molecule has 0 aromatic heterocycles. The number of anilines is 1. The van der Waals surface area contributed by atoms with Gasteiger partial charge in [0.25, 0.3) is 0 Å². The van der Waals surface area contributed by atoms with Gasteiger partial charge in [0.1, 0.15) is 0 Å². The van der Waals surface area contributed by atoms with Gasteiger partial charge in [0.15, 0.2) is 8.24 Å². The van der Waals surface area contributed by atoms with E-state index < -0.39 is 8.24 Å². The molecule has 102 valence electrons. The molecular formula is C17H25NSi. The summed E-state index contributed by atoms with van der Waals surface area (Å²) in [6.07, 6.45) is 2.47. The molecule has 0 amide bonds. The quantitative estimate of drug-likeness (QED) is 0.730. The van der Waals surface area contributed by atoms with Crippen LogP contribution in [-0.2, 0) is 0 Å². The molecule has 1 N–H and O–H groups in total. The minimum absolute atomic E-state index is 0.191. The van der Waals surface area contributed by atoms with Crippen LogP contribution >= 0.6 is 0 Å². The minimum atomic E-state index is -1.67. The Bertz CT molecular complexity index is 540. The number of nitrogens with one attached hydrogen (secondary N) is 1. The lowest BCUT2D eigenvalue weighted by atomic mass is 10.0. The van der Waals surface area contributed by atoms with Crippen LogP contribution in [0.25, 0.3) is 0 Å². The zero-order chi connectivity index (χ0) is 14.3. The summed E-state index contributed by atoms with van der Waals surface area (Å²) in [5.74, 6) is 0. The molecule has 2 heteroatoms. The Morgan fingerprint density at radius 3 is 2.05 bits per heavy atom. The summed E-state index contributed by atoms with van der Waals surface area (Å²) in [5, 5.41) is 0.191. The highest BCUT2D eigenvalue weighted by Crippen LogP contribution is 2.52. The number of rotatable bonds is 3. The second kappa shape index (κ2) is 4.68. The number of benzene rings is 1. The molecule has 0 radical (unpaired) electrons. The van der Waals surface area contributed by atoms with Gasteiger partial charge in [-0.25, -0.2) is 0 Å². The first kappa shape index (κ1) is 14.1. The molecule has 1 atom stereocenters. The van der Waals surface area contributed by atoms with E-state index in [-0.39, 0.29) is 5.04 Å². The molecule has 0 bridgehead atoms. The van der Waals surface area contributed by atoms with Crippen molar-refractivity contribution in [3.63, 3.8) is 0 Å². The third-order valence-corrected chi connectivity index (χ3v) is 9.00. The molecule has 1 aliphatic carbocycles. The third-order valence-electron chi connectivity index (χ3n) is 4.97. The molecule has 0 fully saturated rings. The number of allylic oxidation sites excluding steroid dienone is 4. The van der Waals surface area contributed by atoms with Crippen molar-refractivity contribution < 1.29 is 0 Å². The van der Waals surface area contributed by atoms with Crippen LogP contribution in [0.3, 0.4) is 0 Å². The summed E-state index contributed by atoms with van der Waals surface area (Å²) in [7, 11) is -1.67. The first-order chi connectivity index (χ1) is 8.78. The molecule has 1 unspecified atom stereocenters. The van der Waals surface area contributed by atoms with E-state index in [0.717, 1.165) is 0 Å². The van der Waals surface area contributed by atoms with E-state index in [1.165, 1.54) is 22.4 Å². The van der Waals surface area contributed by atoms with E-state index in [0.29, 0.717) is 0 Å². The summed E-state index contributed by atoms with van der Waals surface area (Å²) in [4.78, 5) is 3.83. The zero-order valence-electron chi connectivity index (χ0n) is 13.0. The Labute approximate surface area is 118 Å². The smallest absolute Gasteiger partial charge is 0.161 e. The van der Waals surface area contributed by atoms with E-state index in [4.69, 9.17) is 0 Å². The monoisotopic (exact) mass is 271 g/mol. The molecular weight excluding hydrogens is 246 g/mol. The molecule has 0 saturated carbocycles. The fraction of sp³-hybridized carbons (Fsp3) is 0.412. The van der Waals surface area contributed by atoms with Crippen LogP contribution in [0.1, 0.15) is 27.7 Å². The van der Waals surface area contributed by atoms with Gasteiger partial charge in [0.05, 0.1) is 0 Å². The highest BCUT2D eigenvalue weighted by Gasteiger charge is 2.46. The van der Waals surface area contributed by atoms with E-state index in [1.807, 2.05) is 0 Å². The second-order valence-electron chi connectivity index (χ2n) is 6.40. The minimum Gasteiger partial charge on any atom is -0.410 e. The normalized spacial score (nSPS) is 23.6. The van der Waals surface area contributed by atoms with E-state index in [9.17, 15) is 0 Å². The van der Waals surface area contributed by atoms with Crippen LogP contribution in [0, 0.1) is 0 Å². The van der Waals surface area contributed by atoms with Gasteiger partial charge in [-0.15, -0.1) is 0 Å². The molecule has 1 aromatic carbocycles. The highest BCUT2D eigenvalue weighted by molar-refractivity contribution is 6.84. The summed E-state index contributed by atoms with van der Waals surface area (Å²) in [6, 6.07) is 10.6. The Morgan fingerprint density at radius 1 is 1.00 bits per heavy atom. The second-order valence-corrected chi connectivity index (χ2v) is 10.9. The van der Waals surface area contributed by atoms with Gasteiger partial charge in [0.2, 0.25) is 0 Å². The molecule has 19 heavy (non-hydrogen) atoms. The van der Waals surface area contributed by atoms with Crippen LogP contribution < -0.4 is 4.98 Å². The van der Waals surface area contributed by atoms with Crippen molar-refractivity contribution in [3.8, 4) is 0 Å². The first-order valence-corrected chi connectivity index (χ1v) is 9.99. The lowest BCUT2D eigenvalue weighted by molar-refractivity contribution is 0.851. The summed E-state index contributed by atoms with van der Waals surface area (Å²) in [6.45, 7) is 14.0. The number of hydrogen-bond donors (Lipinski definition) is 1. The maximum absolute atomic E-state index is 3.83. The molecule has 1 aliphatic rings. The van der Waals surface area contributed by atoms with Crippen molar-refractivity contribution >= 4 is 13.9 Å². The molecule has 2 rings (SSSR count). The van der Waals surface area contributed by atoms with Gasteiger partial charge in [-0.05, 0) is 38.5 Å². The Hall–Kier alpha value is -1.28. The van der Waals surface area contributed by atoms with Crippen molar-refractivity contribution in [2.24, 2.45) is 0 Å². The summed E-state index contributed by atoms with van der Waals surface area (Å²) in [5.41, 5.74) is 5.68. The van der Waals surface area contributed by atoms with Crippen LogP contribution in [-0.4, -0.2) is 8.24 Å². The molecule has 0 heterocycles. The van der Waals surface area contributed by atoms with Crippen molar-refractivity contribution in [3.05, 3.63) is 53.1 Å². The van der Waals surface area contributed by atoms with Crippen LogP contribution in [0.5, 0.6) is 0 Å². The maximum Gasteiger partial charge on any atom is 0.161 e. The number of para-hydroxylation sites is 1. The van der Waals surface area contributed by atoms with Gasteiger partial charge in [0, 0.05) is 10.7 Å². The SMILES string of the molecule is CC1=CC(C)([Si](C)(C)Nc2ccccc2)C(C)=C1C. The lowest BCUT2D eigenvalue weighted by Gasteiger charge is -2.41. The molecule has 0 aliphatic heterocycles. The molecule has 1 aromatic rings. The zero-order valence-corrected chi connectivity index (χ0v) is 14.0. The third kappa shape index (κ3) is 2.30. The maximum atomic E-state index is 3.83. The van der Waals surface area contributed by atoms with Gasteiger partial charge in [-0.3, -0.25) is 0 Å². The first-order valence-electron chi connectivity index (χ1n) is 6.99. The van der Waals surface area contributed by atoms with Crippen LogP contribution in [0.15, 0.2) is 53.1 Å². The summed E-state index contributed by atoms with van der Waals surface area (Å²) < 4.78 is 0. The van der Waals surface area contributed by atoms with E-state index in [2.05, 4.69) is 82.2 Å². The Kier molecular flexibility index (Phi) is 3.48. The predicted octanol–water partition coefficient (Wildman–Crippen LogP) is 5.36. The highest BCUT2D eigenvalue weighted by atomic mass is 28.3. The van der Waals surface area contributed by atoms with Crippen molar-refractivity contribution in [1.29, 1.82) is 0 Å².